The lowest BCUT2D eigenvalue weighted by Crippen LogP contribution is -2.28. The van der Waals surface area contributed by atoms with Gasteiger partial charge in [0, 0.05) is 29.8 Å². The topological polar surface area (TPSA) is 97.2 Å². The zero-order chi connectivity index (χ0) is 22.8. The van der Waals surface area contributed by atoms with Crippen molar-refractivity contribution in [1.29, 1.82) is 0 Å². The smallest absolute Gasteiger partial charge is 0.289 e. The molecule has 5 rings (SSSR count). The van der Waals surface area contributed by atoms with Crippen molar-refractivity contribution in [3.63, 3.8) is 0 Å². The highest BCUT2D eigenvalue weighted by atomic mass is 32.2. The van der Waals surface area contributed by atoms with E-state index in [4.69, 9.17) is 0 Å². The Hall–Kier alpha value is -3.46. The molecular weight excluding hydrogens is 438 g/mol. The number of rotatable bonds is 5. The van der Waals surface area contributed by atoms with Gasteiger partial charge in [0.05, 0.1) is 12.3 Å². The quantitative estimate of drug-likeness (QED) is 0.614. The second kappa shape index (κ2) is 9.19. The number of amides is 3. The molecule has 0 bridgehead atoms. The maximum absolute atomic E-state index is 12.9. The van der Waals surface area contributed by atoms with E-state index in [-0.39, 0.29) is 29.4 Å². The van der Waals surface area contributed by atoms with Crippen molar-refractivity contribution in [3.8, 4) is 11.4 Å². The van der Waals surface area contributed by atoms with Crippen LogP contribution in [0.5, 0.6) is 0 Å². The van der Waals surface area contributed by atoms with Crippen LogP contribution in [0.3, 0.4) is 0 Å². The summed E-state index contributed by atoms with van der Waals surface area (Å²) in [6, 6.07) is 14.6. The van der Waals surface area contributed by atoms with Crippen LogP contribution in [0.2, 0.25) is 0 Å². The number of benzene rings is 2. The van der Waals surface area contributed by atoms with E-state index in [0.717, 1.165) is 60.3 Å². The van der Waals surface area contributed by atoms with E-state index in [2.05, 4.69) is 20.1 Å². The number of hydrogen-bond donors (Lipinski definition) is 1. The molecular formula is C24H23N5O3S. The fraction of sp³-hybridized carbons (Fsp3) is 0.292. The monoisotopic (exact) mass is 461 g/mol. The lowest BCUT2D eigenvalue weighted by atomic mass is 10.1. The molecule has 3 amide bonds. The number of nitrogens with zero attached hydrogens (tertiary/aromatic N) is 4. The van der Waals surface area contributed by atoms with Gasteiger partial charge in [0.25, 0.3) is 11.1 Å². The standard InChI is InChI=1S/C24H23N5O3S/c30-21-15-33-24(32)29(21)14-16-6-4-8-18(12-16)23(31)25-19-9-5-7-17(13-19)22-27-26-20-10-2-1-3-11-28(20)22/h4-9,12-13H,1-3,10-11,14-15H2,(H,25,31). The van der Waals surface area contributed by atoms with E-state index in [1.54, 1.807) is 24.3 Å². The van der Waals surface area contributed by atoms with E-state index in [1.807, 2.05) is 24.3 Å². The van der Waals surface area contributed by atoms with Crippen LogP contribution in [0.1, 0.15) is 41.0 Å². The Morgan fingerprint density at radius 1 is 1.03 bits per heavy atom. The number of aryl methyl sites for hydroxylation is 1. The summed E-state index contributed by atoms with van der Waals surface area (Å²) in [6.45, 7) is 1.07. The molecule has 1 fully saturated rings. The molecule has 0 atom stereocenters. The molecule has 1 aromatic heterocycles. The third-order valence-electron chi connectivity index (χ3n) is 5.86. The summed E-state index contributed by atoms with van der Waals surface area (Å²) in [7, 11) is 0. The zero-order valence-electron chi connectivity index (χ0n) is 18.0. The van der Waals surface area contributed by atoms with E-state index >= 15 is 0 Å². The van der Waals surface area contributed by atoms with Crippen LogP contribution in [0.25, 0.3) is 11.4 Å². The molecule has 1 N–H and O–H groups in total. The molecule has 0 aliphatic carbocycles. The van der Waals surface area contributed by atoms with Crippen LogP contribution >= 0.6 is 11.8 Å². The molecule has 33 heavy (non-hydrogen) atoms. The van der Waals surface area contributed by atoms with Crippen molar-refractivity contribution in [3.05, 3.63) is 65.5 Å². The van der Waals surface area contributed by atoms with Crippen molar-refractivity contribution in [2.75, 3.05) is 11.1 Å². The van der Waals surface area contributed by atoms with Crippen LogP contribution in [0, 0.1) is 0 Å². The summed E-state index contributed by atoms with van der Waals surface area (Å²) in [4.78, 5) is 37.9. The molecule has 0 unspecified atom stereocenters. The van der Waals surface area contributed by atoms with Gasteiger partial charge in [0.2, 0.25) is 5.91 Å². The van der Waals surface area contributed by atoms with Gasteiger partial charge in [-0.15, -0.1) is 10.2 Å². The molecule has 0 saturated carbocycles. The summed E-state index contributed by atoms with van der Waals surface area (Å²) in [5, 5.41) is 11.5. The molecule has 3 aromatic rings. The van der Waals surface area contributed by atoms with Gasteiger partial charge < -0.3 is 9.88 Å². The van der Waals surface area contributed by atoms with Gasteiger partial charge in [0.1, 0.15) is 5.82 Å². The van der Waals surface area contributed by atoms with Crippen LogP contribution in [-0.2, 0) is 24.3 Å². The van der Waals surface area contributed by atoms with Crippen LogP contribution < -0.4 is 5.32 Å². The van der Waals surface area contributed by atoms with E-state index in [1.165, 1.54) is 11.3 Å². The first kappa shape index (κ1) is 21.4. The molecule has 8 nitrogen and oxygen atoms in total. The number of anilines is 1. The number of fused-ring (bicyclic) bond motifs is 1. The second-order valence-electron chi connectivity index (χ2n) is 8.17. The van der Waals surface area contributed by atoms with Crippen LogP contribution in [0.15, 0.2) is 48.5 Å². The Labute approximate surface area is 195 Å². The number of thioether (sulfide) groups is 1. The highest BCUT2D eigenvalue weighted by Gasteiger charge is 2.29. The largest absolute Gasteiger partial charge is 0.322 e. The number of aromatic nitrogens is 3. The fourth-order valence-corrected chi connectivity index (χ4v) is 4.89. The Kier molecular flexibility index (Phi) is 5.95. The molecule has 3 heterocycles. The minimum atomic E-state index is -0.262. The van der Waals surface area contributed by atoms with Gasteiger partial charge in [-0.1, -0.05) is 42.4 Å². The average molecular weight is 462 g/mol. The van der Waals surface area contributed by atoms with Gasteiger partial charge in [0.15, 0.2) is 5.82 Å². The molecule has 168 valence electrons. The Morgan fingerprint density at radius 2 is 1.91 bits per heavy atom. The molecule has 2 aromatic carbocycles. The normalized spacial score (nSPS) is 15.9. The van der Waals surface area contributed by atoms with Crippen LogP contribution in [0.4, 0.5) is 10.5 Å². The molecule has 2 aliphatic rings. The van der Waals surface area contributed by atoms with Crippen molar-refractivity contribution in [1.82, 2.24) is 19.7 Å². The first-order valence-electron chi connectivity index (χ1n) is 11.0. The van der Waals surface area contributed by atoms with Gasteiger partial charge in [-0.3, -0.25) is 19.3 Å². The van der Waals surface area contributed by atoms with Crippen molar-refractivity contribution in [2.45, 2.75) is 38.8 Å². The zero-order valence-corrected chi connectivity index (χ0v) is 18.8. The minimum Gasteiger partial charge on any atom is -0.322 e. The molecule has 2 aliphatic heterocycles. The Balaban J connectivity index is 1.32. The highest BCUT2D eigenvalue weighted by Crippen LogP contribution is 2.25. The number of hydrogen-bond acceptors (Lipinski definition) is 6. The third kappa shape index (κ3) is 4.54. The molecule has 0 spiro atoms. The van der Waals surface area contributed by atoms with Gasteiger partial charge in [-0.25, -0.2) is 0 Å². The molecule has 9 heteroatoms. The third-order valence-corrected chi connectivity index (χ3v) is 6.72. The van der Waals surface area contributed by atoms with Gasteiger partial charge in [-0.2, -0.15) is 0 Å². The predicted octanol–water partition coefficient (Wildman–Crippen LogP) is 4.12. The van der Waals surface area contributed by atoms with E-state index in [9.17, 15) is 14.4 Å². The lowest BCUT2D eigenvalue weighted by molar-refractivity contribution is -0.125. The number of nitrogens with one attached hydrogen (secondary N) is 1. The first-order chi connectivity index (χ1) is 16.1. The second-order valence-corrected chi connectivity index (χ2v) is 9.10. The summed E-state index contributed by atoms with van der Waals surface area (Å²) < 4.78 is 2.18. The molecule has 1 saturated heterocycles. The minimum absolute atomic E-state index is 0.166. The SMILES string of the molecule is O=C(Nc1cccc(-c2nnc3n2CCCCC3)c1)c1cccc(CN2C(=O)CSC2=O)c1. The van der Waals surface area contributed by atoms with Crippen LogP contribution in [-0.4, -0.2) is 42.5 Å². The van der Waals surface area contributed by atoms with Crippen molar-refractivity contribution in [2.24, 2.45) is 0 Å². The lowest BCUT2D eigenvalue weighted by Gasteiger charge is -2.13. The molecule has 0 radical (unpaired) electrons. The van der Waals surface area contributed by atoms with Gasteiger partial charge in [-0.05, 0) is 42.7 Å². The Bertz CT molecular complexity index is 1220. The fourth-order valence-electron chi connectivity index (χ4n) is 4.17. The van der Waals surface area contributed by atoms with E-state index in [0.29, 0.717) is 11.3 Å². The van der Waals surface area contributed by atoms with Crippen molar-refractivity contribution >= 4 is 34.5 Å². The predicted molar refractivity (Wildman–Crippen MR) is 126 cm³/mol. The Morgan fingerprint density at radius 3 is 2.76 bits per heavy atom. The van der Waals surface area contributed by atoms with Crippen molar-refractivity contribution < 1.29 is 14.4 Å². The first-order valence-corrected chi connectivity index (χ1v) is 12.0. The maximum atomic E-state index is 12.9. The van der Waals surface area contributed by atoms with E-state index < -0.39 is 0 Å². The number of imide groups is 1. The summed E-state index contributed by atoms with van der Waals surface area (Å²) in [5.41, 5.74) is 2.76. The summed E-state index contributed by atoms with van der Waals surface area (Å²) >= 11 is 1.00. The van der Waals surface area contributed by atoms with Gasteiger partial charge >= 0.3 is 0 Å². The maximum Gasteiger partial charge on any atom is 0.289 e. The summed E-state index contributed by atoms with van der Waals surface area (Å²) in [5.74, 6) is 1.54. The highest BCUT2D eigenvalue weighted by molar-refractivity contribution is 8.14. The number of carbonyl (C=O) groups excluding carboxylic acids is 3. The summed E-state index contributed by atoms with van der Waals surface area (Å²) in [6.07, 6.45) is 4.37. The average Bonchev–Trinajstić information content (AvgIpc) is 3.27. The number of carbonyl (C=O) groups is 3.